The number of nitrogens with zero attached hydrogens (tertiary/aromatic N) is 1. The Morgan fingerprint density at radius 3 is 2.17 bits per heavy atom. The minimum Gasteiger partial charge on any atom is -0.508 e. The predicted octanol–water partition coefficient (Wildman–Crippen LogP) is 5.31. The number of hydrogen-bond acceptors (Lipinski definition) is 5. The van der Waals surface area contributed by atoms with Gasteiger partial charge in [0.2, 0.25) is 11.8 Å². The molecule has 3 N–H and O–H groups in total. The number of benzene rings is 1. The largest absolute Gasteiger partial charge is 0.508 e. The molecule has 0 aliphatic rings. The molecule has 1 aromatic rings. The molecule has 0 aliphatic carbocycles. The SMILES string of the molecule is CCCCNC(=O)C(c1ccccc1O)N(C(=O)C(NC(=O)OC(C)(C)C)C(C)CC)C(C)(C)CC. The van der Waals surface area contributed by atoms with Crippen LogP contribution in [0.1, 0.15) is 99.6 Å². The van der Waals surface area contributed by atoms with Crippen molar-refractivity contribution in [3.05, 3.63) is 29.8 Å². The first kappa shape index (κ1) is 31.3. The van der Waals surface area contributed by atoms with Gasteiger partial charge in [0.1, 0.15) is 23.4 Å². The van der Waals surface area contributed by atoms with E-state index in [1.807, 2.05) is 41.5 Å². The molecule has 1 aromatic carbocycles. The molecule has 0 heterocycles. The fourth-order valence-electron chi connectivity index (χ4n) is 3.81. The van der Waals surface area contributed by atoms with Gasteiger partial charge in [0, 0.05) is 17.6 Å². The van der Waals surface area contributed by atoms with E-state index in [2.05, 4.69) is 10.6 Å². The Morgan fingerprint density at radius 2 is 1.67 bits per heavy atom. The zero-order valence-electron chi connectivity index (χ0n) is 23.6. The molecule has 3 unspecified atom stereocenters. The van der Waals surface area contributed by atoms with E-state index in [4.69, 9.17) is 4.74 Å². The first-order chi connectivity index (χ1) is 16.7. The maximum atomic E-state index is 14.3. The van der Waals surface area contributed by atoms with Gasteiger partial charge in [-0.25, -0.2) is 4.79 Å². The Hall–Kier alpha value is -2.77. The monoisotopic (exact) mass is 505 g/mol. The van der Waals surface area contributed by atoms with E-state index < -0.39 is 35.2 Å². The molecule has 8 nitrogen and oxygen atoms in total. The third-order valence-corrected chi connectivity index (χ3v) is 6.47. The average Bonchev–Trinajstić information content (AvgIpc) is 2.79. The Labute approximate surface area is 217 Å². The van der Waals surface area contributed by atoms with Crippen molar-refractivity contribution in [2.45, 2.75) is 111 Å². The Kier molecular flexibility index (Phi) is 11.7. The number of phenols is 1. The van der Waals surface area contributed by atoms with Gasteiger partial charge in [-0.15, -0.1) is 0 Å². The van der Waals surface area contributed by atoms with Crippen LogP contribution in [-0.2, 0) is 14.3 Å². The van der Waals surface area contributed by atoms with Gasteiger partial charge >= 0.3 is 6.09 Å². The van der Waals surface area contributed by atoms with Crippen LogP contribution in [0.3, 0.4) is 0 Å². The molecule has 0 aliphatic heterocycles. The number of unbranched alkanes of at least 4 members (excludes halogenated alkanes) is 1. The van der Waals surface area contributed by atoms with Gasteiger partial charge in [0.05, 0.1) is 0 Å². The average molecular weight is 506 g/mol. The minimum absolute atomic E-state index is 0.0713. The fourth-order valence-corrected chi connectivity index (χ4v) is 3.81. The Morgan fingerprint density at radius 1 is 1.06 bits per heavy atom. The number of alkyl carbamates (subject to hydrolysis) is 1. The Balaban J connectivity index is 3.64. The van der Waals surface area contributed by atoms with Gasteiger partial charge in [0.15, 0.2) is 0 Å². The highest BCUT2D eigenvalue weighted by molar-refractivity contribution is 5.93. The van der Waals surface area contributed by atoms with Gasteiger partial charge in [-0.1, -0.05) is 58.7 Å². The molecule has 0 spiro atoms. The highest BCUT2D eigenvalue weighted by atomic mass is 16.6. The summed E-state index contributed by atoms with van der Waals surface area (Å²) in [7, 11) is 0. The second-order valence-electron chi connectivity index (χ2n) is 11.0. The summed E-state index contributed by atoms with van der Waals surface area (Å²) in [6, 6.07) is 4.56. The summed E-state index contributed by atoms with van der Waals surface area (Å²) in [5.41, 5.74) is -1.16. The number of aromatic hydroxyl groups is 1. The summed E-state index contributed by atoms with van der Waals surface area (Å²) in [5.74, 6) is -1.08. The van der Waals surface area contributed by atoms with Crippen LogP contribution in [-0.4, -0.2) is 51.6 Å². The summed E-state index contributed by atoms with van der Waals surface area (Å²) in [4.78, 5) is 42.2. The molecule has 0 saturated heterocycles. The van der Waals surface area contributed by atoms with Crippen LogP contribution in [0.25, 0.3) is 0 Å². The molecule has 0 radical (unpaired) electrons. The molecule has 3 atom stereocenters. The number of rotatable bonds is 12. The lowest BCUT2D eigenvalue weighted by atomic mass is 9.89. The second kappa shape index (κ2) is 13.5. The van der Waals surface area contributed by atoms with Crippen LogP contribution < -0.4 is 10.6 Å². The summed E-state index contributed by atoms with van der Waals surface area (Å²) >= 11 is 0. The summed E-state index contributed by atoms with van der Waals surface area (Å²) < 4.78 is 5.44. The predicted molar refractivity (Wildman–Crippen MR) is 143 cm³/mol. The maximum Gasteiger partial charge on any atom is 0.408 e. The highest BCUT2D eigenvalue weighted by Gasteiger charge is 2.44. The third-order valence-electron chi connectivity index (χ3n) is 6.47. The minimum atomic E-state index is -1.09. The van der Waals surface area contributed by atoms with Crippen LogP contribution in [0, 0.1) is 5.92 Å². The van der Waals surface area contributed by atoms with Crippen molar-refractivity contribution in [3.63, 3.8) is 0 Å². The first-order valence-electron chi connectivity index (χ1n) is 13.1. The number of phenolic OH excluding ortho intramolecular Hbond substituents is 1. The van der Waals surface area contributed by atoms with Crippen molar-refractivity contribution < 1.29 is 24.2 Å². The number of ether oxygens (including phenoxy) is 1. The highest BCUT2D eigenvalue weighted by Crippen LogP contribution is 2.36. The lowest BCUT2D eigenvalue weighted by Gasteiger charge is -2.45. The van der Waals surface area contributed by atoms with E-state index in [0.717, 1.165) is 12.8 Å². The first-order valence-corrected chi connectivity index (χ1v) is 13.1. The van der Waals surface area contributed by atoms with Gasteiger partial charge in [-0.05, 0) is 59.4 Å². The van der Waals surface area contributed by atoms with Crippen LogP contribution in [0.15, 0.2) is 24.3 Å². The molecule has 0 aromatic heterocycles. The van der Waals surface area contributed by atoms with E-state index in [9.17, 15) is 19.5 Å². The molecule has 0 fully saturated rings. The van der Waals surface area contributed by atoms with Gasteiger partial charge in [-0.3, -0.25) is 9.59 Å². The van der Waals surface area contributed by atoms with Crippen LogP contribution in [0.2, 0.25) is 0 Å². The van der Waals surface area contributed by atoms with Crippen LogP contribution >= 0.6 is 0 Å². The van der Waals surface area contributed by atoms with Crippen molar-refractivity contribution >= 4 is 17.9 Å². The van der Waals surface area contributed by atoms with E-state index in [0.29, 0.717) is 24.9 Å². The summed E-state index contributed by atoms with van der Waals surface area (Å²) in [6.45, 7) is 17.3. The van der Waals surface area contributed by atoms with Crippen molar-refractivity contribution in [2.24, 2.45) is 5.92 Å². The molecule has 0 saturated carbocycles. The van der Waals surface area contributed by atoms with Crippen molar-refractivity contribution in [2.75, 3.05) is 6.54 Å². The van der Waals surface area contributed by atoms with Crippen molar-refractivity contribution in [1.29, 1.82) is 0 Å². The number of carbonyl (C=O) groups is 3. The van der Waals surface area contributed by atoms with E-state index >= 15 is 0 Å². The summed E-state index contributed by atoms with van der Waals surface area (Å²) in [5, 5.41) is 16.4. The van der Waals surface area contributed by atoms with Gasteiger partial charge in [-0.2, -0.15) is 0 Å². The number of hydrogen-bond donors (Lipinski definition) is 3. The number of para-hydroxylation sites is 1. The molecule has 1 rings (SSSR count). The Bertz CT molecular complexity index is 878. The van der Waals surface area contributed by atoms with Crippen LogP contribution in [0.5, 0.6) is 5.75 Å². The molecular formula is C28H47N3O5. The van der Waals surface area contributed by atoms with Crippen molar-refractivity contribution in [3.8, 4) is 5.75 Å². The number of nitrogens with one attached hydrogen (secondary N) is 2. The molecule has 8 heteroatoms. The maximum absolute atomic E-state index is 14.3. The lowest BCUT2D eigenvalue weighted by molar-refractivity contribution is -0.150. The van der Waals surface area contributed by atoms with Gasteiger partial charge in [0.25, 0.3) is 0 Å². The molecule has 3 amide bonds. The van der Waals surface area contributed by atoms with E-state index in [1.165, 1.54) is 11.0 Å². The normalized spacial score (nSPS) is 14.4. The number of amides is 3. The quantitative estimate of drug-likeness (QED) is 0.334. The van der Waals surface area contributed by atoms with Crippen LogP contribution in [0.4, 0.5) is 4.79 Å². The summed E-state index contributed by atoms with van der Waals surface area (Å²) in [6.07, 6.45) is 2.17. The topological polar surface area (TPSA) is 108 Å². The smallest absolute Gasteiger partial charge is 0.408 e. The molecule has 204 valence electrons. The lowest BCUT2D eigenvalue weighted by Crippen LogP contribution is -2.60. The van der Waals surface area contributed by atoms with E-state index in [-0.39, 0.29) is 17.6 Å². The van der Waals surface area contributed by atoms with E-state index in [1.54, 1.807) is 39.0 Å². The van der Waals surface area contributed by atoms with Crippen molar-refractivity contribution in [1.82, 2.24) is 15.5 Å². The zero-order valence-corrected chi connectivity index (χ0v) is 23.6. The zero-order chi connectivity index (χ0) is 27.7. The van der Waals surface area contributed by atoms with Gasteiger partial charge < -0.3 is 25.4 Å². The molecule has 36 heavy (non-hydrogen) atoms. The standard InChI is InChI=1S/C28H47N3O5/c1-10-13-18-29-24(33)23(20-16-14-15-17-21(20)32)31(28(8,9)12-3)25(34)22(19(4)11-2)30-26(35)36-27(5,6)7/h14-17,19,22-23,32H,10-13,18H2,1-9H3,(H,29,33)(H,30,35). The molecule has 0 bridgehead atoms. The molecular weight excluding hydrogens is 458 g/mol. The third kappa shape index (κ3) is 8.71. The second-order valence-corrected chi connectivity index (χ2v) is 11.0. The fraction of sp³-hybridized carbons (Fsp3) is 0.679. The number of carbonyl (C=O) groups excluding carboxylic acids is 3.